The number of thiocarbonyl (C=S) groups is 1. The monoisotopic (exact) mass is 489 g/mol. The molecule has 2 aromatic carbocycles. The lowest BCUT2D eigenvalue weighted by Gasteiger charge is -2.18. The van der Waals surface area contributed by atoms with E-state index in [9.17, 15) is 9.59 Å². The molecule has 2 aliphatic rings. The number of amides is 1. The molecule has 4 rings (SSSR count). The van der Waals surface area contributed by atoms with E-state index in [0.29, 0.717) is 32.1 Å². The molecule has 0 unspecified atom stereocenters. The highest BCUT2D eigenvalue weighted by molar-refractivity contribution is 8.26. The van der Waals surface area contributed by atoms with Gasteiger partial charge in [-0.1, -0.05) is 41.6 Å². The van der Waals surface area contributed by atoms with Gasteiger partial charge in [-0.25, -0.2) is 4.79 Å². The van der Waals surface area contributed by atoms with Crippen LogP contribution in [0.2, 0.25) is 5.02 Å². The lowest BCUT2D eigenvalue weighted by Crippen LogP contribution is -2.35. The summed E-state index contributed by atoms with van der Waals surface area (Å²) in [5.74, 6) is -0.0122. The predicted molar refractivity (Wildman–Crippen MR) is 128 cm³/mol. The molecule has 2 aromatic rings. The zero-order valence-electron chi connectivity index (χ0n) is 17.2. The fourth-order valence-corrected chi connectivity index (χ4v) is 4.80. The van der Waals surface area contributed by atoms with Gasteiger partial charge < -0.3 is 14.2 Å². The molecule has 0 saturated carbocycles. The Balaban J connectivity index is 1.49. The summed E-state index contributed by atoms with van der Waals surface area (Å²) >= 11 is 12.5. The van der Waals surface area contributed by atoms with Crippen molar-refractivity contribution in [2.45, 2.75) is 18.9 Å². The highest BCUT2D eigenvalue weighted by Crippen LogP contribution is 2.35. The molecular weight excluding hydrogens is 470 g/mol. The molecule has 2 fully saturated rings. The zero-order valence-corrected chi connectivity index (χ0v) is 19.6. The minimum absolute atomic E-state index is 0.0338. The Morgan fingerprint density at radius 1 is 1.28 bits per heavy atom. The number of carbonyl (C=O) groups is 2. The van der Waals surface area contributed by atoms with Gasteiger partial charge in [0.1, 0.15) is 4.32 Å². The molecule has 0 aliphatic carbocycles. The van der Waals surface area contributed by atoms with Crippen LogP contribution in [0.15, 0.2) is 47.4 Å². The van der Waals surface area contributed by atoms with E-state index in [0.717, 1.165) is 25.0 Å². The molecule has 2 saturated heterocycles. The third-order valence-corrected chi connectivity index (χ3v) is 6.68. The number of hydrogen-bond donors (Lipinski definition) is 0. The molecule has 166 valence electrons. The SMILES string of the molecule is COc1cc(/C=C2\SC(=S)N(C[C@H]3CCCO3)C2=O)ccc1OC(=O)c1ccc(Cl)cc1. The Morgan fingerprint density at radius 2 is 2.06 bits per heavy atom. The first kappa shape index (κ1) is 22.8. The number of hydrogen-bond acceptors (Lipinski definition) is 7. The molecule has 6 nitrogen and oxygen atoms in total. The zero-order chi connectivity index (χ0) is 22.7. The van der Waals surface area contributed by atoms with E-state index in [1.165, 1.54) is 18.9 Å². The van der Waals surface area contributed by atoms with Crippen LogP contribution in [-0.4, -0.2) is 47.5 Å². The smallest absolute Gasteiger partial charge is 0.343 e. The molecule has 1 atom stereocenters. The van der Waals surface area contributed by atoms with Gasteiger partial charge in [-0.05, 0) is 60.9 Å². The van der Waals surface area contributed by atoms with Crippen LogP contribution in [0.1, 0.15) is 28.8 Å². The molecule has 0 N–H and O–H groups in total. The second kappa shape index (κ2) is 10.0. The van der Waals surface area contributed by atoms with Gasteiger partial charge in [0, 0.05) is 11.6 Å². The standard InChI is InChI=1S/C23H20ClNO5S2/c1-28-19-11-14(4-9-18(19)30-22(27)15-5-7-16(24)8-6-15)12-20-21(26)25(23(31)32-20)13-17-3-2-10-29-17/h4-9,11-12,17H,2-3,10,13H2,1H3/b20-12-/t17-/m1/s1. The second-order valence-corrected chi connectivity index (χ2v) is 9.35. The van der Waals surface area contributed by atoms with E-state index in [1.807, 2.05) is 0 Å². The Hall–Kier alpha value is -2.39. The van der Waals surface area contributed by atoms with E-state index in [1.54, 1.807) is 53.4 Å². The fraction of sp³-hybridized carbons (Fsp3) is 0.261. The van der Waals surface area contributed by atoms with Crippen molar-refractivity contribution in [3.05, 3.63) is 63.5 Å². The number of benzene rings is 2. The number of carbonyl (C=O) groups excluding carboxylic acids is 2. The van der Waals surface area contributed by atoms with Crippen LogP contribution in [0.25, 0.3) is 6.08 Å². The molecule has 2 heterocycles. The van der Waals surface area contributed by atoms with Gasteiger partial charge in [-0.3, -0.25) is 9.69 Å². The average molecular weight is 490 g/mol. The summed E-state index contributed by atoms with van der Waals surface area (Å²) in [6.07, 6.45) is 3.72. The first-order valence-electron chi connectivity index (χ1n) is 9.97. The van der Waals surface area contributed by atoms with Crippen LogP contribution in [0.3, 0.4) is 0 Å². The highest BCUT2D eigenvalue weighted by atomic mass is 35.5. The molecule has 0 spiro atoms. The van der Waals surface area contributed by atoms with Gasteiger partial charge in [-0.15, -0.1) is 0 Å². The van der Waals surface area contributed by atoms with Crippen molar-refractivity contribution in [1.29, 1.82) is 0 Å². The largest absolute Gasteiger partial charge is 0.493 e. The summed E-state index contributed by atoms with van der Waals surface area (Å²) < 4.78 is 17.0. The summed E-state index contributed by atoms with van der Waals surface area (Å²) in [6, 6.07) is 11.5. The van der Waals surface area contributed by atoms with Gasteiger partial charge in [0.05, 0.1) is 30.2 Å². The number of halogens is 1. The van der Waals surface area contributed by atoms with Crippen molar-refractivity contribution in [3.63, 3.8) is 0 Å². The summed E-state index contributed by atoms with van der Waals surface area (Å²) in [5.41, 5.74) is 1.10. The fourth-order valence-electron chi connectivity index (χ4n) is 3.40. The number of ether oxygens (including phenoxy) is 3. The average Bonchev–Trinajstić information content (AvgIpc) is 3.39. The van der Waals surface area contributed by atoms with E-state index in [2.05, 4.69) is 0 Å². The lowest BCUT2D eigenvalue weighted by atomic mass is 10.1. The van der Waals surface area contributed by atoms with E-state index >= 15 is 0 Å². The van der Waals surface area contributed by atoms with Crippen LogP contribution in [0, 0.1) is 0 Å². The number of esters is 1. The van der Waals surface area contributed by atoms with Crippen LogP contribution in [-0.2, 0) is 9.53 Å². The van der Waals surface area contributed by atoms with Crippen LogP contribution in [0.4, 0.5) is 0 Å². The van der Waals surface area contributed by atoms with Gasteiger partial charge in [0.2, 0.25) is 0 Å². The maximum absolute atomic E-state index is 12.8. The molecule has 0 radical (unpaired) electrons. The summed E-state index contributed by atoms with van der Waals surface area (Å²) in [5, 5.41) is 0.532. The molecule has 0 aromatic heterocycles. The topological polar surface area (TPSA) is 65.1 Å². The molecule has 0 bridgehead atoms. The lowest BCUT2D eigenvalue weighted by molar-refractivity contribution is -0.123. The van der Waals surface area contributed by atoms with Crippen molar-refractivity contribution >= 4 is 57.9 Å². The third-order valence-electron chi connectivity index (χ3n) is 5.05. The van der Waals surface area contributed by atoms with E-state index < -0.39 is 5.97 Å². The van der Waals surface area contributed by atoms with Gasteiger partial charge >= 0.3 is 5.97 Å². The normalized spacial score (nSPS) is 19.6. The molecule has 1 amide bonds. The highest BCUT2D eigenvalue weighted by Gasteiger charge is 2.34. The predicted octanol–water partition coefficient (Wildman–Crippen LogP) is 4.95. The quantitative estimate of drug-likeness (QED) is 0.246. The van der Waals surface area contributed by atoms with E-state index in [-0.39, 0.29) is 17.8 Å². The first-order valence-corrected chi connectivity index (χ1v) is 11.6. The van der Waals surface area contributed by atoms with Crippen molar-refractivity contribution in [1.82, 2.24) is 4.90 Å². The summed E-state index contributed by atoms with van der Waals surface area (Å²) in [4.78, 5) is 27.4. The number of thioether (sulfide) groups is 1. The number of rotatable bonds is 6. The molecule has 32 heavy (non-hydrogen) atoms. The number of methoxy groups -OCH3 is 1. The maximum Gasteiger partial charge on any atom is 0.343 e. The minimum atomic E-state index is -0.525. The van der Waals surface area contributed by atoms with Gasteiger partial charge in [0.25, 0.3) is 5.91 Å². The second-order valence-electron chi connectivity index (χ2n) is 7.23. The van der Waals surface area contributed by atoms with Crippen molar-refractivity contribution in [2.75, 3.05) is 20.3 Å². The van der Waals surface area contributed by atoms with Crippen molar-refractivity contribution in [3.8, 4) is 11.5 Å². The third kappa shape index (κ3) is 5.15. The van der Waals surface area contributed by atoms with Gasteiger partial charge in [-0.2, -0.15) is 0 Å². The summed E-state index contributed by atoms with van der Waals surface area (Å²) in [7, 11) is 1.49. The van der Waals surface area contributed by atoms with Crippen molar-refractivity contribution < 1.29 is 23.8 Å². The van der Waals surface area contributed by atoms with Crippen molar-refractivity contribution in [2.24, 2.45) is 0 Å². The Morgan fingerprint density at radius 3 is 2.75 bits per heavy atom. The maximum atomic E-state index is 12.8. The van der Waals surface area contributed by atoms with E-state index in [4.69, 9.17) is 38.0 Å². The Labute approximate surface area is 200 Å². The first-order chi connectivity index (χ1) is 15.4. The summed E-state index contributed by atoms with van der Waals surface area (Å²) in [6.45, 7) is 1.20. The Bertz CT molecular complexity index is 1080. The minimum Gasteiger partial charge on any atom is -0.493 e. The van der Waals surface area contributed by atoms with Gasteiger partial charge in [0.15, 0.2) is 11.5 Å². The molecule has 2 aliphatic heterocycles. The molecule has 9 heteroatoms. The molecular formula is C23H20ClNO5S2. The van der Waals surface area contributed by atoms with Crippen LogP contribution in [0.5, 0.6) is 11.5 Å². The van der Waals surface area contributed by atoms with Crippen LogP contribution < -0.4 is 9.47 Å². The Kier molecular flexibility index (Phi) is 7.15. The van der Waals surface area contributed by atoms with Crippen LogP contribution >= 0.6 is 35.6 Å². The number of nitrogens with zero attached hydrogens (tertiary/aromatic N) is 1.